The second-order valence-electron chi connectivity index (χ2n) is 9.39. The lowest BCUT2D eigenvalue weighted by molar-refractivity contribution is 0.0626. The molecule has 2 rings (SSSR count). The summed E-state index contributed by atoms with van der Waals surface area (Å²) in [4.78, 5) is 0. The molecule has 2 aliphatic carbocycles. The van der Waals surface area contributed by atoms with Crippen LogP contribution in [0, 0.1) is 35.0 Å². The van der Waals surface area contributed by atoms with Gasteiger partial charge in [0.15, 0.2) is 0 Å². The SMILES string of the molecule is [B]C1(C)CC2CCC=CC(C)(C)CC2(C(C)C#C)C(CCCN)=C1C. The molecule has 0 aromatic rings. The molecule has 0 heterocycles. The second kappa shape index (κ2) is 7.36. The normalized spacial score (nSPS) is 36.1. The van der Waals surface area contributed by atoms with E-state index in [9.17, 15) is 0 Å². The van der Waals surface area contributed by atoms with Gasteiger partial charge in [0.2, 0.25) is 0 Å². The number of terminal acetylenes is 1. The van der Waals surface area contributed by atoms with Crippen LogP contribution in [0.2, 0.25) is 5.31 Å². The summed E-state index contributed by atoms with van der Waals surface area (Å²) < 4.78 is 0. The van der Waals surface area contributed by atoms with E-state index in [1.165, 1.54) is 17.6 Å². The molecule has 0 aromatic heterocycles. The van der Waals surface area contributed by atoms with Crippen molar-refractivity contribution in [1.29, 1.82) is 0 Å². The lowest BCUT2D eigenvalue weighted by Gasteiger charge is -2.57. The van der Waals surface area contributed by atoms with Gasteiger partial charge in [-0.1, -0.05) is 51.0 Å². The zero-order valence-electron chi connectivity index (χ0n) is 17.0. The molecule has 2 N–H and O–H groups in total. The fourth-order valence-corrected chi connectivity index (χ4v) is 5.53. The van der Waals surface area contributed by atoms with Crippen molar-refractivity contribution in [3.05, 3.63) is 23.3 Å². The van der Waals surface area contributed by atoms with E-state index in [-0.39, 0.29) is 22.1 Å². The fraction of sp³-hybridized carbons (Fsp3) is 0.739. The molecule has 2 heteroatoms. The molecule has 0 bridgehead atoms. The summed E-state index contributed by atoms with van der Waals surface area (Å²) in [5, 5.41) is -0.237. The zero-order valence-corrected chi connectivity index (χ0v) is 17.0. The lowest BCUT2D eigenvalue weighted by atomic mass is 9.44. The summed E-state index contributed by atoms with van der Waals surface area (Å²) in [7, 11) is 6.79. The minimum Gasteiger partial charge on any atom is -0.330 e. The quantitative estimate of drug-likeness (QED) is 0.413. The van der Waals surface area contributed by atoms with Gasteiger partial charge in [-0.2, -0.15) is 0 Å². The zero-order chi connectivity index (χ0) is 18.9. The standard InChI is InChI=1S/C23H36BN/c1-7-17(2)23-16-21(4,5)13-9-8-11-19(23)15-22(6,24)18(3)20(23)12-10-14-25/h1,9,13,17,19H,8,10-12,14-16,25H2,2-6H3. The molecule has 136 valence electrons. The second-order valence-corrected chi connectivity index (χ2v) is 9.39. The van der Waals surface area contributed by atoms with Crippen molar-refractivity contribution >= 4 is 7.85 Å². The topological polar surface area (TPSA) is 26.0 Å². The van der Waals surface area contributed by atoms with Gasteiger partial charge in [0.1, 0.15) is 0 Å². The Bertz CT molecular complexity index is 590. The smallest absolute Gasteiger partial charge is 0.0802 e. The molecule has 1 nitrogen and oxygen atoms in total. The molecule has 0 saturated carbocycles. The van der Waals surface area contributed by atoms with Gasteiger partial charge in [-0.3, -0.25) is 0 Å². The van der Waals surface area contributed by atoms with Crippen LogP contribution < -0.4 is 5.73 Å². The number of hydrogen-bond donors (Lipinski definition) is 1. The van der Waals surface area contributed by atoms with Crippen LogP contribution in [0.4, 0.5) is 0 Å². The van der Waals surface area contributed by atoms with Crippen molar-refractivity contribution in [3.8, 4) is 12.3 Å². The third kappa shape index (κ3) is 3.78. The van der Waals surface area contributed by atoms with Gasteiger partial charge in [-0.25, -0.2) is 0 Å². The predicted octanol–water partition coefficient (Wildman–Crippen LogP) is 5.43. The third-order valence-electron chi connectivity index (χ3n) is 6.92. The van der Waals surface area contributed by atoms with E-state index >= 15 is 0 Å². The Balaban J connectivity index is 2.71. The molecular weight excluding hydrogens is 301 g/mol. The van der Waals surface area contributed by atoms with Crippen molar-refractivity contribution in [2.75, 3.05) is 6.54 Å². The predicted molar refractivity (Wildman–Crippen MR) is 110 cm³/mol. The molecule has 0 saturated heterocycles. The van der Waals surface area contributed by atoms with Crippen molar-refractivity contribution in [3.63, 3.8) is 0 Å². The number of rotatable bonds is 4. The maximum atomic E-state index is 6.79. The Kier molecular flexibility index (Phi) is 6.00. The van der Waals surface area contributed by atoms with Crippen LogP contribution in [0.1, 0.15) is 73.1 Å². The van der Waals surface area contributed by atoms with Gasteiger partial charge < -0.3 is 5.73 Å². The molecule has 0 spiro atoms. The average Bonchev–Trinajstić information content (AvgIpc) is 2.53. The number of fused-ring (bicyclic) bond motifs is 1. The van der Waals surface area contributed by atoms with Crippen molar-refractivity contribution in [1.82, 2.24) is 0 Å². The Morgan fingerprint density at radius 2 is 2.08 bits per heavy atom. The van der Waals surface area contributed by atoms with E-state index < -0.39 is 0 Å². The highest BCUT2D eigenvalue weighted by molar-refractivity contribution is 6.17. The van der Waals surface area contributed by atoms with Crippen LogP contribution in [-0.4, -0.2) is 14.4 Å². The van der Waals surface area contributed by atoms with Gasteiger partial charge in [-0.15, -0.1) is 12.3 Å². The largest absolute Gasteiger partial charge is 0.330 e. The molecule has 2 aliphatic rings. The van der Waals surface area contributed by atoms with E-state index in [0.717, 1.165) is 32.1 Å². The first-order chi connectivity index (χ1) is 11.6. The maximum absolute atomic E-state index is 6.79. The minimum atomic E-state index is -0.237. The fourth-order valence-electron chi connectivity index (χ4n) is 5.53. The highest BCUT2D eigenvalue weighted by Crippen LogP contribution is 2.63. The molecule has 0 aliphatic heterocycles. The Morgan fingerprint density at radius 1 is 1.40 bits per heavy atom. The third-order valence-corrected chi connectivity index (χ3v) is 6.92. The minimum absolute atomic E-state index is 0.0428. The number of allylic oxidation sites excluding steroid dienone is 4. The summed E-state index contributed by atoms with van der Waals surface area (Å²) in [6.45, 7) is 12.1. The maximum Gasteiger partial charge on any atom is 0.0802 e. The molecule has 0 aromatic carbocycles. The molecule has 0 amide bonds. The van der Waals surface area contributed by atoms with E-state index in [1.54, 1.807) is 0 Å². The first-order valence-electron chi connectivity index (χ1n) is 9.94. The van der Waals surface area contributed by atoms with E-state index in [4.69, 9.17) is 20.0 Å². The van der Waals surface area contributed by atoms with Gasteiger partial charge in [0.05, 0.1) is 7.85 Å². The molecule has 4 atom stereocenters. The summed E-state index contributed by atoms with van der Waals surface area (Å²) in [5.41, 5.74) is 8.95. The van der Waals surface area contributed by atoms with E-state index in [0.29, 0.717) is 12.5 Å². The van der Waals surface area contributed by atoms with Crippen LogP contribution in [0.5, 0.6) is 0 Å². The first-order valence-corrected chi connectivity index (χ1v) is 9.94. The molecule has 2 radical (unpaired) electrons. The molecule has 0 fully saturated rings. The summed E-state index contributed by atoms with van der Waals surface area (Å²) >= 11 is 0. The van der Waals surface area contributed by atoms with Gasteiger partial charge in [-0.05, 0) is 68.6 Å². The van der Waals surface area contributed by atoms with Crippen molar-refractivity contribution in [2.45, 2.75) is 78.5 Å². The van der Waals surface area contributed by atoms with Crippen LogP contribution in [0.15, 0.2) is 23.3 Å². The Labute approximate surface area is 157 Å². The highest BCUT2D eigenvalue weighted by atomic mass is 14.6. The monoisotopic (exact) mass is 337 g/mol. The first kappa shape index (κ1) is 20.4. The number of hydrogen-bond acceptors (Lipinski definition) is 1. The van der Waals surface area contributed by atoms with Crippen LogP contribution in [0.25, 0.3) is 0 Å². The summed E-state index contributed by atoms with van der Waals surface area (Å²) in [6.07, 6.45) is 17.3. The van der Waals surface area contributed by atoms with E-state index in [2.05, 4.69) is 52.7 Å². The average molecular weight is 337 g/mol. The van der Waals surface area contributed by atoms with Crippen molar-refractivity contribution < 1.29 is 0 Å². The highest BCUT2D eigenvalue weighted by Gasteiger charge is 2.53. The Hall–Kier alpha value is -0.935. The van der Waals surface area contributed by atoms with E-state index in [1.807, 2.05) is 0 Å². The summed E-state index contributed by atoms with van der Waals surface area (Å²) in [6, 6.07) is 0. The summed E-state index contributed by atoms with van der Waals surface area (Å²) in [5.74, 6) is 3.88. The van der Waals surface area contributed by atoms with Gasteiger partial charge >= 0.3 is 0 Å². The van der Waals surface area contributed by atoms with Crippen LogP contribution in [0.3, 0.4) is 0 Å². The molecule has 25 heavy (non-hydrogen) atoms. The van der Waals surface area contributed by atoms with Crippen molar-refractivity contribution in [2.24, 2.45) is 28.4 Å². The van der Waals surface area contributed by atoms with Gasteiger partial charge in [0.25, 0.3) is 0 Å². The van der Waals surface area contributed by atoms with Crippen LogP contribution >= 0.6 is 0 Å². The van der Waals surface area contributed by atoms with Crippen LogP contribution in [-0.2, 0) is 0 Å². The lowest BCUT2D eigenvalue weighted by Crippen LogP contribution is -2.47. The van der Waals surface area contributed by atoms with Gasteiger partial charge in [0, 0.05) is 11.3 Å². The number of nitrogens with two attached hydrogens (primary N) is 1. The molecular formula is C23H36BN. The Morgan fingerprint density at radius 3 is 2.68 bits per heavy atom. The molecule has 4 unspecified atom stereocenters.